The van der Waals surface area contributed by atoms with Crippen molar-refractivity contribution >= 4 is 5.69 Å². The Bertz CT molecular complexity index is 736. The molecule has 0 aliphatic heterocycles. The molecule has 1 heterocycles. The molecule has 0 radical (unpaired) electrons. The lowest BCUT2D eigenvalue weighted by Crippen LogP contribution is -2.17. The summed E-state index contributed by atoms with van der Waals surface area (Å²) in [6.45, 7) is 3.80. The minimum Gasteiger partial charge on any atom is -0.320 e. The number of aromatic nitrogens is 1. The van der Waals surface area contributed by atoms with Crippen molar-refractivity contribution in [2.45, 2.75) is 46.0 Å². The molecule has 0 atom stereocenters. The van der Waals surface area contributed by atoms with Gasteiger partial charge >= 0.3 is 11.2 Å². The molecule has 0 aliphatic rings. The molecular formula is C18H22N2O3. The fraction of sp³-hybridized carbons (Fsp3) is 0.389. The number of pyridine rings is 1. The number of benzene rings is 1. The number of rotatable bonds is 7. The number of nitrogens with zero attached hydrogens (tertiary/aromatic N) is 1. The first kappa shape index (κ1) is 16.9. The maximum absolute atomic E-state index is 12.1. The lowest BCUT2D eigenvalue weighted by molar-refractivity contribution is -0.386. The summed E-state index contributed by atoms with van der Waals surface area (Å²) in [6, 6.07) is 9.53. The number of hydrogen-bond donors (Lipinski definition) is 1. The van der Waals surface area contributed by atoms with E-state index in [1.165, 1.54) is 0 Å². The first-order valence-corrected chi connectivity index (χ1v) is 8.01. The molecule has 0 fully saturated rings. The molecule has 122 valence electrons. The highest BCUT2D eigenvalue weighted by Crippen LogP contribution is 2.30. The first-order valence-electron chi connectivity index (χ1n) is 8.01. The summed E-state index contributed by atoms with van der Waals surface area (Å²) in [7, 11) is 0. The Morgan fingerprint density at radius 1 is 1.13 bits per heavy atom. The van der Waals surface area contributed by atoms with Crippen LogP contribution in [0.15, 0.2) is 35.1 Å². The number of H-pyrrole nitrogens is 1. The number of nitro groups is 1. The quantitative estimate of drug-likeness (QED) is 0.468. The zero-order valence-corrected chi connectivity index (χ0v) is 13.6. The van der Waals surface area contributed by atoms with Crippen LogP contribution in [0.3, 0.4) is 0 Å². The van der Waals surface area contributed by atoms with Gasteiger partial charge in [0.15, 0.2) is 0 Å². The van der Waals surface area contributed by atoms with Crippen molar-refractivity contribution in [3.05, 3.63) is 62.1 Å². The largest absolute Gasteiger partial charge is 0.337 e. The summed E-state index contributed by atoms with van der Waals surface area (Å²) < 4.78 is 0. The fourth-order valence-corrected chi connectivity index (χ4v) is 2.91. The van der Waals surface area contributed by atoms with E-state index in [0.717, 1.165) is 48.9 Å². The van der Waals surface area contributed by atoms with Gasteiger partial charge in [-0.3, -0.25) is 14.9 Å². The summed E-state index contributed by atoms with van der Waals surface area (Å²) in [5.41, 5.74) is 1.94. The lowest BCUT2D eigenvalue weighted by atomic mass is 9.95. The minimum absolute atomic E-state index is 0.360. The third-order valence-electron chi connectivity index (χ3n) is 4.04. The molecule has 1 aromatic heterocycles. The average molecular weight is 314 g/mol. The van der Waals surface area contributed by atoms with E-state index >= 15 is 0 Å². The Hall–Kier alpha value is -2.43. The summed E-state index contributed by atoms with van der Waals surface area (Å²) in [5, 5.41) is 11.2. The molecule has 23 heavy (non-hydrogen) atoms. The molecule has 5 nitrogen and oxygen atoms in total. The van der Waals surface area contributed by atoms with E-state index in [9.17, 15) is 14.9 Å². The number of aryl methyl sites for hydroxylation is 1. The van der Waals surface area contributed by atoms with Gasteiger partial charge in [-0.15, -0.1) is 0 Å². The van der Waals surface area contributed by atoms with E-state index in [1.54, 1.807) is 6.92 Å². The maximum Gasteiger partial charge on any atom is 0.337 e. The smallest absolute Gasteiger partial charge is 0.320 e. The normalized spacial score (nSPS) is 10.7. The van der Waals surface area contributed by atoms with Crippen molar-refractivity contribution in [3.8, 4) is 11.1 Å². The number of aromatic amines is 1. The molecule has 0 spiro atoms. The van der Waals surface area contributed by atoms with Crippen LogP contribution in [0.2, 0.25) is 0 Å². The second-order valence-electron chi connectivity index (χ2n) is 5.72. The van der Waals surface area contributed by atoms with Crippen LogP contribution in [-0.2, 0) is 6.42 Å². The SMILES string of the molecule is CCCCCCc1[nH]c(=O)c([N+](=O)[O-])c(C)c1-c1ccccc1. The van der Waals surface area contributed by atoms with Crippen molar-refractivity contribution in [2.24, 2.45) is 0 Å². The van der Waals surface area contributed by atoms with E-state index < -0.39 is 10.5 Å². The zero-order valence-electron chi connectivity index (χ0n) is 13.6. The fourth-order valence-electron chi connectivity index (χ4n) is 2.91. The van der Waals surface area contributed by atoms with E-state index in [4.69, 9.17) is 0 Å². The molecule has 2 aromatic rings. The van der Waals surface area contributed by atoms with Gasteiger partial charge in [0.25, 0.3) is 0 Å². The zero-order chi connectivity index (χ0) is 16.8. The predicted octanol–water partition coefficient (Wildman–Crippen LogP) is 4.38. The number of unbranched alkanes of at least 4 members (excludes halogenated alkanes) is 3. The highest BCUT2D eigenvalue weighted by Gasteiger charge is 2.23. The van der Waals surface area contributed by atoms with Crippen LogP contribution in [0.4, 0.5) is 5.69 Å². The maximum atomic E-state index is 12.1. The van der Waals surface area contributed by atoms with Gasteiger partial charge in [0.05, 0.1) is 4.92 Å². The van der Waals surface area contributed by atoms with Gasteiger partial charge in [-0.05, 0) is 25.3 Å². The van der Waals surface area contributed by atoms with E-state index in [0.29, 0.717) is 5.56 Å². The third-order valence-corrected chi connectivity index (χ3v) is 4.04. The van der Waals surface area contributed by atoms with E-state index in [2.05, 4.69) is 11.9 Å². The molecule has 5 heteroatoms. The van der Waals surface area contributed by atoms with Crippen LogP contribution in [0.25, 0.3) is 11.1 Å². The predicted molar refractivity (Wildman–Crippen MR) is 91.7 cm³/mol. The third kappa shape index (κ3) is 3.86. The van der Waals surface area contributed by atoms with Crippen LogP contribution in [0.5, 0.6) is 0 Å². The first-order chi connectivity index (χ1) is 11.1. The summed E-state index contributed by atoms with van der Waals surface area (Å²) in [6.07, 6.45) is 5.06. The summed E-state index contributed by atoms with van der Waals surface area (Å²) >= 11 is 0. The number of hydrogen-bond acceptors (Lipinski definition) is 3. The van der Waals surface area contributed by atoms with Crippen molar-refractivity contribution < 1.29 is 4.92 Å². The van der Waals surface area contributed by atoms with Gasteiger partial charge < -0.3 is 4.98 Å². The van der Waals surface area contributed by atoms with E-state index in [1.807, 2.05) is 30.3 Å². The summed E-state index contributed by atoms with van der Waals surface area (Å²) in [4.78, 5) is 25.4. The summed E-state index contributed by atoms with van der Waals surface area (Å²) in [5.74, 6) is 0. The Kier molecular flexibility index (Phi) is 5.68. The monoisotopic (exact) mass is 314 g/mol. The molecule has 0 saturated carbocycles. The molecule has 0 bridgehead atoms. The van der Waals surface area contributed by atoms with Gasteiger partial charge in [-0.2, -0.15) is 0 Å². The van der Waals surface area contributed by atoms with Crippen LogP contribution < -0.4 is 5.56 Å². The topological polar surface area (TPSA) is 76.0 Å². The van der Waals surface area contributed by atoms with Crippen molar-refractivity contribution in [1.82, 2.24) is 4.98 Å². The van der Waals surface area contributed by atoms with Crippen LogP contribution in [0.1, 0.15) is 43.9 Å². The highest BCUT2D eigenvalue weighted by molar-refractivity contribution is 5.73. The molecule has 0 saturated heterocycles. The van der Waals surface area contributed by atoms with Crippen LogP contribution >= 0.6 is 0 Å². The van der Waals surface area contributed by atoms with Gasteiger partial charge in [0, 0.05) is 16.8 Å². The molecule has 2 rings (SSSR count). The van der Waals surface area contributed by atoms with Crippen LogP contribution in [0, 0.1) is 17.0 Å². The molecule has 0 aliphatic carbocycles. The average Bonchev–Trinajstić information content (AvgIpc) is 2.52. The molecule has 0 unspecified atom stereocenters. The minimum atomic E-state index is -0.613. The molecular weight excluding hydrogens is 292 g/mol. The Morgan fingerprint density at radius 2 is 1.83 bits per heavy atom. The van der Waals surface area contributed by atoms with Gasteiger partial charge in [-0.25, -0.2) is 0 Å². The standard InChI is InChI=1S/C18H22N2O3/c1-3-4-5-9-12-15-16(14-10-7-6-8-11-14)13(2)17(20(22)23)18(21)19-15/h6-8,10-11H,3-5,9,12H2,1-2H3,(H,19,21). The van der Waals surface area contributed by atoms with Crippen LogP contribution in [-0.4, -0.2) is 9.91 Å². The molecule has 0 amide bonds. The highest BCUT2D eigenvalue weighted by atomic mass is 16.6. The Labute approximate surface area is 135 Å². The van der Waals surface area contributed by atoms with Crippen molar-refractivity contribution in [2.75, 3.05) is 0 Å². The van der Waals surface area contributed by atoms with E-state index in [-0.39, 0.29) is 5.69 Å². The van der Waals surface area contributed by atoms with Gasteiger partial charge in [0.2, 0.25) is 0 Å². The number of nitrogens with one attached hydrogen (secondary N) is 1. The molecule has 1 N–H and O–H groups in total. The Balaban J connectivity index is 2.52. The second kappa shape index (κ2) is 7.72. The van der Waals surface area contributed by atoms with Gasteiger partial charge in [-0.1, -0.05) is 56.5 Å². The van der Waals surface area contributed by atoms with Gasteiger partial charge in [0.1, 0.15) is 0 Å². The molecule has 1 aromatic carbocycles. The van der Waals surface area contributed by atoms with Crippen molar-refractivity contribution in [3.63, 3.8) is 0 Å². The van der Waals surface area contributed by atoms with Crippen molar-refractivity contribution in [1.29, 1.82) is 0 Å². The lowest BCUT2D eigenvalue weighted by Gasteiger charge is -2.13. The second-order valence-corrected chi connectivity index (χ2v) is 5.72. The Morgan fingerprint density at radius 3 is 2.43 bits per heavy atom.